The van der Waals surface area contributed by atoms with Crippen molar-refractivity contribution < 1.29 is 9.71 Å². The molecular formula is C3H7N2O2+. The van der Waals surface area contributed by atoms with Gasteiger partial charge in [0.2, 0.25) is 6.54 Å². The van der Waals surface area contributed by atoms with Crippen molar-refractivity contribution in [3.63, 3.8) is 0 Å². The standard InChI is InChI=1S/C3H7N2O2/c6-5-2-1-3-7-4-5/h1-3H2,(H,4,6)/q+1. The molecule has 0 aliphatic carbocycles. The zero-order valence-corrected chi connectivity index (χ0v) is 3.89. The van der Waals surface area contributed by atoms with Crippen molar-refractivity contribution in [2.45, 2.75) is 6.42 Å². The second-order valence-electron chi connectivity index (χ2n) is 1.40. The van der Waals surface area contributed by atoms with E-state index in [1.807, 2.05) is 0 Å². The minimum Gasteiger partial charge on any atom is -0.225 e. The summed E-state index contributed by atoms with van der Waals surface area (Å²) >= 11 is 0. The van der Waals surface area contributed by atoms with Gasteiger partial charge in [-0.15, -0.1) is 0 Å². The van der Waals surface area contributed by atoms with E-state index in [0.29, 0.717) is 18.0 Å². The lowest BCUT2D eigenvalue weighted by Gasteiger charge is -2.01. The first-order valence-corrected chi connectivity index (χ1v) is 2.22. The molecule has 4 nitrogen and oxygen atoms in total. The minimum absolute atomic E-state index is 0.528. The SMILES string of the molecule is O=[N+]1CCCON1. The van der Waals surface area contributed by atoms with Crippen LogP contribution in [0.25, 0.3) is 0 Å². The Balaban J connectivity index is 2.25. The Bertz CT molecular complexity index is 75.0. The highest BCUT2D eigenvalue weighted by molar-refractivity contribution is 4.29. The highest BCUT2D eigenvalue weighted by Gasteiger charge is 2.11. The average Bonchev–Trinajstić information content (AvgIpc) is 1.69. The van der Waals surface area contributed by atoms with Gasteiger partial charge in [-0.3, -0.25) is 0 Å². The number of hydrogen-bond acceptors (Lipinski definition) is 2. The van der Waals surface area contributed by atoms with Gasteiger partial charge in [0, 0.05) is 6.42 Å². The molecule has 0 spiro atoms. The van der Waals surface area contributed by atoms with Gasteiger partial charge < -0.3 is 0 Å². The molecule has 1 heterocycles. The molecule has 4 heteroatoms. The van der Waals surface area contributed by atoms with Crippen molar-refractivity contribution in [3.05, 3.63) is 4.91 Å². The van der Waals surface area contributed by atoms with Crippen LogP contribution in [0.5, 0.6) is 0 Å². The predicted octanol–water partition coefficient (Wildman–Crippen LogP) is -0.395. The molecule has 1 saturated heterocycles. The van der Waals surface area contributed by atoms with Gasteiger partial charge in [0.15, 0.2) is 0 Å². The number of nitrogens with one attached hydrogen (secondary N) is 1. The molecule has 1 aliphatic rings. The topological polar surface area (TPSA) is 41.3 Å². The molecule has 1 fully saturated rings. The zero-order chi connectivity index (χ0) is 5.11. The third kappa shape index (κ3) is 1.12. The van der Waals surface area contributed by atoms with Gasteiger partial charge in [-0.2, -0.15) is 0 Å². The summed E-state index contributed by atoms with van der Waals surface area (Å²) in [6.45, 7) is 1.17. The summed E-state index contributed by atoms with van der Waals surface area (Å²) in [5.74, 6) is 0. The van der Waals surface area contributed by atoms with Gasteiger partial charge in [0.05, 0.1) is 11.5 Å². The van der Waals surface area contributed by atoms with E-state index < -0.39 is 0 Å². The van der Waals surface area contributed by atoms with Crippen LogP contribution in [0.3, 0.4) is 0 Å². The molecule has 0 saturated carbocycles. The van der Waals surface area contributed by atoms with Crippen molar-refractivity contribution in [1.82, 2.24) is 5.59 Å². The number of hydrogen-bond donors (Lipinski definition) is 1. The number of rotatable bonds is 0. The summed E-state index contributed by atoms with van der Waals surface area (Å²) in [7, 11) is 0. The maximum atomic E-state index is 10.1. The van der Waals surface area contributed by atoms with Gasteiger partial charge >= 0.3 is 0 Å². The van der Waals surface area contributed by atoms with Crippen LogP contribution >= 0.6 is 0 Å². The molecule has 0 aromatic heterocycles. The molecule has 7 heavy (non-hydrogen) atoms. The van der Waals surface area contributed by atoms with E-state index in [2.05, 4.69) is 10.4 Å². The molecule has 1 N–H and O–H groups in total. The summed E-state index contributed by atoms with van der Waals surface area (Å²) in [5, 5.41) is 0. The summed E-state index contributed by atoms with van der Waals surface area (Å²) < 4.78 is 0. The first-order valence-electron chi connectivity index (χ1n) is 2.22. The van der Waals surface area contributed by atoms with Crippen molar-refractivity contribution in [1.29, 1.82) is 0 Å². The summed E-state index contributed by atoms with van der Waals surface area (Å²) in [6, 6.07) is 0. The molecular weight excluding hydrogens is 96.0 g/mol. The van der Waals surface area contributed by atoms with E-state index in [9.17, 15) is 4.91 Å². The Morgan fingerprint density at radius 3 is 2.86 bits per heavy atom. The Labute approximate surface area is 41.0 Å². The molecule has 0 atom stereocenters. The van der Waals surface area contributed by atoms with E-state index in [1.54, 1.807) is 0 Å². The van der Waals surface area contributed by atoms with Crippen molar-refractivity contribution in [2.24, 2.45) is 0 Å². The van der Waals surface area contributed by atoms with Crippen LogP contribution in [-0.2, 0) is 4.84 Å². The molecule has 1 aliphatic heterocycles. The maximum Gasteiger partial charge on any atom is 0.230 e. The van der Waals surface area contributed by atoms with Crippen molar-refractivity contribution in [2.75, 3.05) is 13.2 Å². The molecule has 0 amide bonds. The van der Waals surface area contributed by atoms with Crippen LogP contribution in [0.15, 0.2) is 0 Å². The van der Waals surface area contributed by atoms with Gasteiger partial charge in [0.25, 0.3) is 0 Å². The summed E-state index contributed by atoms with van der Waals surface area (Å²) in [5.41, 5.74) is 2.16. The van der Waals surface area contributed by atoms with E-state index in [1.165, 1.54) is 0 Å². The Hall–Kier alpha value is -0.640. The van der Waals surface area contributed by atoms with Crippen LogP contribution in [0.1, 0.15) is 6.42 Å². The second kappa shape index (κ2) is 1.88. The zero-order valence-electron chi connectivity index (χ0n) is 3.89. The van der Waals surface area contributed by atoms with Gasteiger partial charge in [-0.05, 0) is 5.59 Å². The van der Waals surface area contributed by atoms with Crippen molar-refractivity contribution in [3.8, 4) is 0 Å². The van der Waals surface area contributed by atoms with Crippen LogP contribution in [0.4, 0.5) is 0 Å². The molecule has 0 radical (unpaired) electrons. The fourth-order valence-corrected chi connectivity index (χ4v) is 0.444. The lowest BCUT2D eigenvalue weighted by molar-refractivity contribution is -0.674. The third-order valence-corrected chi connectivity index (χ3v) is 0.774. The van der Waals surface area contributed by atoms with E-state index in [0.717, 1.165) is 6.42 Å². The molecule has 40 valence electrons. The fourth-order valence-electron chi connectivity index (χ4n) is 0.444. The molecule has 0 aromatic carbocycles. The predicted molar refractivity (Wildman–Crippen MR) is 22.2 cm³/mol. The summed E-state index contributed by atoms with van der Waals surface area (Å²) in [4.78, 5) is 15.4. The maximum absolute atomic E-state index is 10.1. The largest absolute Gasteiger partial charge is 0.230 e. The highest BCUT2D eigenvalue weighted by atomic mass is 16.7. The Morgan fingerprint density at radius 2 is 2.57 bits per heavy atom. The van der Waals surface area contributed by atoms with Crippen LogP contribution < -0.4 is 5.59 Å². The Kier molecular flexibility index (Phi) is 1.21. The van der Waals surface area contributed by atoms with Gasteiger partial charge in [0.1, 0.15) is 4.87 Å². The van der Waals surface area contributed by atoms with E-state index in [-0.39, 0.29) is 0 Å². The minimum atomic E-state index is 0.528. The van der Waals surface area contributed by atoms with E-state index >= 15 is 0 Å². The number of nitroso groups, excluding NO2 is 1. The molecule has 0 bridgehead atoms. The number of hydrazine groups is 1. The average molecular weight is 103 g/mol. The highest BCUT2D eigenvalue weighted by Crippen LogP contribution is 1.85. The molecule has 0 aromatic rings. The third-order valence-electron chi connectivity index (χ3n) is 0.774. The lowest BCUT2D eigenvalue weighted by Crippen LogP contribution is -2.33. The van der Waals surface area contributed by atoms with Crippen LogP contribution in [-0.4, -0.2) is 18.0 Å². The second-order valence-corrected chi connectivity index (χ2v) is 1.40. The summed E-state index contributed by atoms with van der Waals surface area (Å²) in [6.07, 6.45) is 0.816. The van der Waals surface area contributed by atoms with Crippen molar-refractivity contribution >= 4 is 0 Å². The van der Waals surface area contributed by atoms with Crippen LogP contribution in [0.2, 0.25) is 0 Å². The monoisotopic (exact) mass is 103 g/mol. The van der Waals surface area contributed by atoms with Gasteiger partial charge in [-0.25, -0.2) is 4.84 Å². The first-order chi connectivity index (χ1) is 3.39. The molecule has 1 rings (SSSR count). The first kappa shape index (κ1) is 4.52. The van der Waals surface area contributed by atoms with Crippen LogP contribution in [0, 0.1) is 4.91 Å². The van der Waals surface area contributed by atoms with E-state index in [4.69, 9.17) is 0 Å². The number of nitrogens with zero attached hydrogens (tertiary/aromatic N) is 1. The smallest absolute Gasteiger partial charge is 0.225 e. The quantitative estimate of drug-likeness (QED) is 0.424. The lowest BCUT2D eigenvalue weighted by atomic mass is 10.5. The van der Waals surface area contributed by atoms with Gasteiger partial charge in [-0.1, -0.05) is 0 Å². The fraction of sp³-hybridized carbons (Fsp3) is 1.00. The Morgan fingerprint density at radius 1 is 1.71 bits per heavy atom. The molecule has 0 unspecified atom stereocenters. The normalized spacial score (nSPS) is 21.4.